The third-order valence-electron chi connectivity index (χ3n) is 4.20. The summed E-state index contributed by atoms with van der Waals surface area (Å²) in [6.45, 7) is 4.53. The van der Waals surface area contributed by atoms with E-state index in [4.69, 9.17) is 0 Å². The van der Waals surface area contributed by atoms with Crippen molar-refractivity contribution >= 4 is 5.91 Å². The highest BCUT2D eigenvalue weighted by atomic mass is 16.2. The first-order valence-corrected chi connectivity index (χ1v) is 6.52. The minimum absolute atomic E-state index is 0.0588. The molecule has 1 fully saturated rings. The highest BCUT2D eigenvalue weighted by molar-refractivity contribution is 5.92. The van der Waals surface area contributed by atoms with Gasteiger partial charge in [-0.05, 0) is 30.4 Å². The smallest absolute Gasteiger partial charge is 0.268 e. The average Bonchev–Trinajstić information content (AvgIpc) is 2.71. The van der Waals surface area contributed by atoms with Crippen molar-refractivity contribution in [3.63, 3.8) is 0 Å². The Morgan fingerprint density at radius 2 is 2.18 bits per heavy atom. The second-order valence-electron chi connectivity index (χ2n) is 5.35. The van der Waals surface area contributed by atoms with Crippen molar-refractivity contribution in [2.45, 2.75) is 39.2 Å². The van der Waals surface area contributed by atoms with Crippen molar-refractivity contribution in [1.82, 2.24) is 9.88 Å². The van der Waals surface area contributed by atoms with Gasteiger partial charge in [0.05, 0.1) is 0 Å². The van der Waals surface area contributed by atoms with E-state index >= 15 is 0 Å². The number of aryl methyl sites for hydroxylation is 1. The summed E-state index contributed by atoms with van der Waals surface area (Å²) in [7, 11) is 1.90. The van der Waals surface area contributed by atoms with Crippen LogP contribution in [0.15, 0.2) is 18.3 Å². The molecule has 0 aromatic carbocycles. The largest absolute Gasteiger partial charge is 0.348 e. The molecular weight excluding hydrogens is 212 g/mol. The lowest BCUT2D eigenvalue weighted by molar-refractivity contribution is 0.0883. The predicted molar refractivity (Wildman–Crippen MR) is 68.8 cm³/mol. The Hall–Kier alpha value is -1.25. The van der Waals surface area contributed by atoms with Gasteiger partial charge >= 0.3 is 0 Å². The van der Waals surface area contributed by atoms with Crippen molar-refractivity contribution in [2.24, 2.45) is 18.9 Å². The Morgan fingerprint density at radius 1 is 1.41 bits per heavy atom. The molecule has 2 rings (SSSR count). The number of rotatable bonds is 2. The first-order chi connectivity index (χ1) is 8.09. The fourth-order valence-corrected chi connectivity index (χ4v) is 2.73. The molecule has 1 aliphatic rings. The van der Waals surface area contributed by atoms with E-state index in [0.29, 0.717) is 17.9 Å². The van der Waals surface area contributed by atoms with Crippen molar-refractivity contribution in [3.05, 3.63) is 24.0 Å². The van der Waals surface area contributed by atoms with Crippen LogP contribution in [0.2, 0.25) is 0 Å². The lowest BCUT2D eigenvalue weighted by Crippen LogP contribution is -2.44. The van der Waals surface area contributed by atoms with Gasteiger partial charge in [0.1, 0.15) is 5.69 Å². The number of aromatic nitrogens is 1. The molecule has 3 atom stereocenters. The number of nitrogens with zero attached hydrogens (tertiary/aromatic N) is 1. The summed E-state index contributed by atoms with van der Waals surface area (Å²) < 4.78 is 1.87. The van der Waals surface area contributed by atoms with Gasteiger partial charge in [-0.3, -0.25) is 4.79 Å². The van der Waals surface area contributed by atoms with Crippen LogP contribution in [0.4, 0.5) is 0 Å². The molecule has 0 aliphatic heterocycles. The maximum atomic E-state index is 12.1. The van der Waals surface area contributed by atoms with Crippen LogP contribution in [-0.2, 0) is 7.05 Å². The Balaban J connectivity index is 2.01. The summed E-state index contributed by atoms with van der Waals surface area (Å²) in [5.74, 6) is 1.35. The zero-order valence-corrected chi connectivity index (χ0v) is 10.9. The average molecular weight is 234 g/mol. The second kappa shape index (κ2) is 4.94. The van der Waals surface area contributed by atoms with Crippen LogP contribution in [0.25, 0.3) is 0 Å². The molecule has 0 spiro atoms. The fraction of sp³-hybridized carbons (Fsp3) is 0.643. The number of carbonyl (C=O) groups excluding carboxylic acids is 1. The molecule has 3 nitrogen and oxygen atoms in total. The molecule has 1 aromatic rings. The van der Waals surface area contributed by atoms with E-state index in [1.807, 2.05) is 29.9 Å². The molecule has 1 aliphatic carbocycles. The van der Waals surface area contributed by atoms with Gasteiger partial charge in [0, 0.05) is 19.3 Å². The highest BCUT2D eigenvalue weighted by Crippen LogP contribution is 2.29. The molecule has 1 saturated carbocycles. The standard InChI is InChI=1S/C14H22N2O/c1-10-6-4-7-12(11(10)2)15-14(17)13-8-5-9-16(13)3/h5,8-12H,4,6-7H2,1-3H3,(H,15,17)/t10-,11-,12-/m1/s1. The monoisotopic (exact) mass is 234 g/mol. The van der Waals surface area contributed by atoms with E-state index in [1.54, 1.807) is 0 Å². The normalized spacial score (nSPS) is 29.0. The first kappa shape index (κ1) is 12.2. The first-order valence-electron chi connectivity index (χ1n) is 6.52. The van der Waals surface area contributed by atoms with Crippen LogP contribution >= 0.6 is 0 Å². The molecule has 1 N–H and O–H groups in total. The van der Waals surface area contributed by atoms with E-state index in [2.05, 4.69) is 19.2 Å². The molecule has 17 heavy (non-hydrogen) atoms. The van der Waals surface area contributed by atoms with Crippen LogP contribution in [0.1, 0.15) is 43.6 Å². The number of hydrogen-bond acceptors (Lipinski definition) is 1. The molecule has 3 heteroatoms. The minimum atomic E-state index is 0.0588. The predicted octanol–water partition coefficient (Wildman–Crippen LogP) is 2.58. The van der Waals surface area contributed by atoms with Gasteiger partial charge in [0.2, 0.25) is 0 Å². The Morgan fingerprint density at radius 3 is 2.82 bits per heavy atom. The van der Waals surface area contributed by atoms with E-state index in [0.717, 1.165) is 12.1 Å². The van der Waals surface area contributed by atoms with Crippen LogP contribution in [0, 0.1) is 11.8 Å². The summed E-state index contributed by atoms with van der Waals surface area (Å²) in [6.07, 6.45) is 5.53. The SMILES string of the molecule is C[C@@H]1[C@H](C)CCC[C@H]1NC(=O)c1cccn1C. The Labute approximate surface area is 103 Å². The van der Waals surface area contributed by atoms with Gasteiger partial charge in [-0.25, -0.2) is 0 Å². The zero-order chi connectivity index (χ0) is 12.4. The van der Waals surface area contributed by atoms with Gasteiger partial charge in [0.15, 0.2) is 0 Å². The summed E-state index contributed by atoms with van der Waals surface area (Å²) in [5.41, 5.74) is 0.746. The summed E-state index contributed by atoms with van der Waals surface area (Å²) in [6, 6.07) is 4.11. The van der Waals surface area contributed by atoms with E-state index in [-0.39, 0.29) is 5.91 Å². The topological polar surface area (TPSA) is 34.0 Å². The van der Waals surface area contributed by atoms with Gasteiger partial charge in [-0.1, -0.05) is 26.7 Å². The lowest BCUT2D eigenvalue weighted by Gasteiger charge is -2.34. The molecule has 0 saturated heterocycles. The van der Waals surface area contributed by atoms with Crippen LogP contribution in [0.5, 0.6) is 0 Å². The van der Waals surface area contributed by atoms with Crippen molar-refractivity contribution in [2.75, 3.05) is 0 Å². The highest BCUT2D eigenvalue weighted by Gasteiger charge is 2.28. The van der Waals surface area contributed by atoms with E-state index in [9.17, 15) is 4.79 Å². The van der Waals surface area contributed by atoms with Gasteiger partial charge in [-0.2, -0.15) is 0 Å². The molecule has 94 valence electrons. The van der Waals surface area contributed by atoms with E-state index in [1.165, 1.54) is 12.8 Å². The van der Waals surface area contributed by atoms with Crippen molar-refractivity contribution in [3.8, 4) is 0 Å². The summed E-state index contributed by atoms with van der Waals surface area (Å²) in [5, 5.41) is 3.18. The number of nitrogens with one attached hydrogen (secondary N) is 1. The van der Waals surface area contributed by atoms with Gasteiger partial charge in [-0.15, -0.1) is 0 Å². The Kier molecular flexibility index (Phi) is 3.55. The Bertz CT molecular complexity index is 397. The molecular formula is C14H22N2O. The third kappa shape index (κ3) is 2.54. The fourth-order valence-electron chi connectivity index (χ4n) is 2.73. The van der Waals surface area contributed by atoms with Gasteiger partial charge < -0.3 is 9.88 Å². The molecule has 1 amide bonds. The molecule has 0 unspecified atom stereocenters. The lowest BCUT2D eigenvalue weighted by atomic mass is 9.78. The zero-order valence-electron chi connectivity index (χ0n) is 10.9. The molecule has 0 radical (unpaired) electrons. The van der Waals surface area contributed by atoms with Gasteiger partial charge in [0.25, 0.3) is 5.91 Å². The second-order valence-corrected chi connectivity index (χ2v) is 5.35. The number of carbonyl (C=O) groups is 1. The van der Waals surface area contributed by atoms with E-state index < -0.39 is 0 Å². The number of hydrogen-bond donors (Lipinski definition) is 1. The maximum Gasteiger partial charge on any atom is 0.268 e. The summed E-state index contributed by atoms with van der Waals surface area (Å²) in [4.78, 5) is 12.1. The van der Waals surface area contributed by atoms with Crippen LogP contribution < -0.4 is 5.32 Å². The third-order valence-corrected chi connectivity index (χ3v) is 4.20. The minimum Gasteiger partial charge on any atom is -0.348 e. The maximum absolute atomic E-state index is 12.1. The van der Waals surface area contributed by atoms with Crippen LogP contribution in [0.3, 0.4) is 0 Å². The van der Waals surface area contributed by atoms with Crippen molar-refractivity contribution in [1.29, 1.82) is 0 Å². The van der Waals surface area contributed by atoms with Crippen LogP contribution in [-0.4, -0.2) is 16.5 Å². The molecule has 0 bridgehead atoms. The quantitative estimate of drug-likeness (QED) is 0.838. The summed E-state index contributed by atoms with van der Waals surface area (Å²) >= 11 is 0. The number of amides is 1. The molecule has 1 heterocycles. The molecule has 1 aromatic heterocycles. The van der Waals surface area contributed by atoms with Crippen molar-refractivity contribution < 1.29 is 4.79 Å².